The van der Waals surface area contributed by atoms with Crippen LogP contribution in [0.1, 0.15) is 49.7 Å². The second kappa shape index (κ2) is 4.56. The highest BCUT2D eigenvalue weighted by Crippen LogP contribution is 2.61. The van der Waals surface area contributed by atoms with Gasteiger partial charge in [-0.15, -0.1) is 0 Å². The zero-order chi connectivity index (χ0) is 13.6. The highest BCUT2D eigenvalue weighted by atomic mass is 16.1. The van der Waals surface area contributed by atoms with Crippen LogP contribution in [0.5, 0.6) is 0 Å². The fourth-order valence-electron chi connectivity index (χ4n) is 5.73. The van der Waals surface area contributed by atoms with Crippen molar-refractivity contribution >= 4 is 6.08 Å². The maximum atomic E-state index is 10.4. The van der Waals surface area contributed by atoms with E-state index < -0.39 is 0 Å². The van der Waals surface area contributed by atoms with E-state index in [0.717, 1.165) is 17.8 Å². The Hall–Kier alpha value is -1.40. The molecule has 4 aliphatic carbocycles. The Morgan fingerprint density at radius 2 is 1.65 bits per heavy atom. The van der Waals surface area contributed by atoms with Crippen molar-refractivity contribution in [2.45, 2.75) is 50.5 Å². The molecule has 0 saturated heterocycles. The molecule has 104 valence electrons. The van der Waals surface area contributed by atoms with Crippen molar-refractivity contribution in [3.63, 3.8) is 0 Å². The van der Waals surface area contributed by atoms with Gasteiger partial charge >= 0.3 is 0 Å². The summed E-state index contributed by atoms with van der Waals surface area (Å²) in [4.78, 5) is 14.3. The normalized spacial score (nSPS) is 37.7. The van der Waals surface area contributed by atoms with Gasteiger partial charge in [-0.25, -0.2) is 9.79 Å². The molecule has 4 saturated carbocycles. The quantitative estimate of drug-likeness (QED) is 0.601. The van der Waals surface area contributed by atoms with Gasteiger partial charge in [0.05, 0.1) is 6.54 Å². The predicted octanol–water partition coefficient (Wildman–Crippen LogP) is 3.99. The first-order valence-corrected chi connectivity index (χ1v) is 7.91. The van der Waals surface area contributed by atoms with E-state index >= 15 is 0 Å². The Morgan fingerprint density at radius 1 is 1.05 bits per heavy atom. The molecule has 0 atom stereocenters. The van der Waals surface area contributed by atoms with Gasteiger partial charge in [0.2, 0.25) is 6.08 Å². The van der Waals surface area contributed by atoms with Crippen LogP contribution in [0.25, 0.3) is 0 Å². The van der Waals surface area contributed by atoms with E-state index in [1.54, 1.807) is 6.08 Å². The molecule has 0 amide bonds. The van der Waals surface area contributed by atoms with Crippen LogP contribution < -0.4 is 0 Å². The second-order valence-corrected chi connectivity index (χ2v) is 7.26. The number of carbonyl (C=O) groups excluding carboxylic acids is 1. The number of aliphatic imine (C=N–C) groups is 1. The van der Waals surface area contributed by atoms with E-state index in [-0.39, 0.29) is 0 Å². The lowest BCUT2D eigenvalue weighted by Gasteiger charge is -2.57. The molecule has 5 rings (SSSR count). The van der Waals surface area contributed by atoms with Gasteiger partial charge in [-0.2, -0.15) is 0 Å². The minimum Gasteiger partial charge on any atom is -0.211 e. The average molecular weight is 267 g/mol. The topological polar surface area (TPSA) is 29.4 Å². The lowest BCUT2D eigenvalue weighted by molar-refractivity contribution is -0.00556. The molecule has 20 heavy (non-hydrogen) atoms. The monoisotopic (exact) mass is 267 g/mol. The lowest BCUT2D eigenvalue weighted by atomic mass is 9.47. The standard InChI is InChI=1S/C18H21NO/c20-12-19-11-16-3-1-2-4-17(16)18-8-13-5-14(9-18)7-15(6-13)10-18/h1-4,13-15H,5-11H2. The third kappa shape index (κ3) is 1.86. The molecule has 1 aromatic rings. The van der Waals surface area contributed by atoms with Gasteiger partial charge < -0.3 is 0 Å². The zero-order valence-electron chi connectivity index (χ0n) is 11.8. The van der Waals surface area contributed by atoms with E-state index in [2.05, 4.69) is 29.3 Å². The molecule has 4 aliphatic rings. The predicted molar refractivity (Wildman–Crippen MR) is 78.1 cm³/mol. The summed E-state index contributed by atoms with van der Waals surface area (Å²) in [5, 5.41) is 0. The minimum atomic E-state index is 0.393. The Bertz CT molecular complexity index is 535. The number of benzene rings is 1. The number of hydrogen-bond donors (Lipinski definition) is 0. The minimum absolute atomic E-state index is 0.393. The first-order valence-electron chi connectivity index (χ1n) is 7.91. The molecule has 1 aromatic carbocycles. The first-order chi connectivity index (χ1) is 9.79. The highest BCUT2D eigenvalue weighted by molar-refractivity contribution is 5.39. The molecule has 0 spiro atoms. The molecule has 2 heteroatoms. The molecule has 2 nitrogen and oxygen atoms in total. The number of hydrogen-bond acceptors (Lipinski definition) is 2. The Kier molecular flexibility index (Phi) is 2.82. The summed E-state index contributed by atoms with van der Waals surface area (Å²) >= 11 is 0. The first kappa shape index (κ1) is 12.3. The Balaban J connectivity index is 1.75. The van der Waals surface area contributed by atoms with E-state index in [9.17, 15) is 4.79 Å². The van der Waals surface area contributed by atoms with Crippen LogP contribution in [0, 0.1) is 17.8 Å². The van der Waals surface area contributed by atoms with Crippen molar-refractivity contribution in [2.75, 3.05) is 0 Å². The van der Waals surface area contributed by atoms with Crippen LogP contribution in [0.3, 0.4) is 0 Å². The van der Waals surface area contributed by atoms with Gasteiger partial charge in [0.1, 0.15) is 0 Å². The van der Waals surface area contributed by atoms with E-state index in [1.165, 1.54) is 49.7 Å². The van der Waals surface area contributed by atoms with Crippen LogP contribution in [0.2, 0.25) is 0 Å². The molecule has 4 fully saturated rings. The maximum Gasteiger partial charge on any atom is 0.235 e. The molecule has 0 N–H and O–H groups in total. The molecule has 0 unspecified atom stereocenters. The van der Waals surface area contributed by atoms with Crippen molar-refractivity contribution < 1.29 is 4.79 Å². The van der Waals surface area contributed by atoms with Crippen molar-refractivity contribution in [1.29, 1.82) is 0 Å². The summed E-state index contributed by atoms with van der Waals surface area (Å²) in [6.45, 7) is 0.501. The van der Waals surface area contributed by atoms with E-state index in [4.69, 9.17) is 0 Å². The molecule has 4 bridgehead atoms. The molecular formula is C18H21NO. The number of rotatable bonds is 3. The van der Waals surface area contributed by atoms with E-state index in [1.807, 2.05) is 0 Å². The van der Waals surface area contributed by atoms with Gasteiger partial charge in [0.15, 0.2) is 0 Å². The Labute approximate surface area is 120 Å². The third-order valence-electron chi connectivity index (χ3n) is 5.94. The Morgan fingerprint density at radius 3 is 2.25 bits per heavy atom. The molecular weight excluding hydrogens is 246 g/mol. The van der Waals surface area contributed by atoms with Crippen molar-refractivity contribution in [3.8, 4) is 0 Å². The van der Waals surface area contributed by atoms with Gasteiger partial charge in [0, 0.05) is 0 Å². The van der Waals surface area contributed by atoms with Crippen LogP contribution >= 0.6 is 0 Å². The van der Waals surface area contributed by atoms with Crippen LogP contribution in [0.15, 0.2) is 29.3 Å². The second-order valence-electron chi connectivity index (χ2n) is 7.26. The van der Waals surface area contributed by atoms with Crippen LogP contribution in [-0.2, 0) is 16.8 Å². The fourth-order valence-corrected chi connectivity index (χ4v) is 5.73. The summed E-state index contributed by atoms with van der Waals surface area (Å²) in [6, 6.07) is 8.67. The SMILES string of the molecule is O=C=NCc1ccccc1C12CC3CC(CC(C3)C1)C2. The number of nitrogens with zero attached hydrogens (tertiary/aromatic N) is 1. The molecule has 0 radical (unpaired) electrons. The highest BCUT2D eigenvalue weighted by Gasteiger charge is 2.51. The lowest BCUT2D eigenvalue weighted by Crippen LogP contribution is -2.48. The summed E-state index contributed by atoms with van der Waals surface area (Å²) in [5.74, 6) is 2.84. The van der Waals surface area contributed by atoms with Crippen LogP contribution in [0.4, 0.5) is 0 Å². The van der Waals surface area contributed by atoms with Gasteiger partial charge in [-0.05, 0) is 72.8 Å². The number of isocyanates is 1. The van der Waals surface area contributed by atoms with E-state index in [0.29, 0.717) is 12.0 Å². The zero-order valence-corrected chi connectivity index (χ0v) is 11.8. The smallest absolute Gasteiger partial charge is 0.211 e. The third-order valence-corrected chi connectivity index (χ3v) is 5.94. The molecule has 0 aliphatic heterocycles. The van der Waals surface area contributed by atoms with Gasteiger partial charge in [-0.1, -0.05) is 24.3 Å². The van der Waals surface area contributed by atoms with Gasteiger partial charge in [0.25, 0.3) is 0 Å². The summed E-state index contributed by atoms with van der Waals surface area (Å²) in [7, 11) is 0. The largest absolute Gasteiger partial charge is 0.235 e. The summed E-state index contributed by atoms with van der Waals surface area (Å²) < 4.78 is 0. The summed E-state index contributed by atoms with van der Waals surface area (Å²) in [5.41, 5.74) is 3.12. The molecule has 0 heterocycles. The average Bonchev–Trinajstić information content (AvgIpc) is 2.44. The maximum absolute atomic E-state index is 10.4. The van der Waals surface area contributed by atoms with Crippen molar-refractivity contribution in [1.82, 2.24) is 0 Å². The summed E-state index contributed by atoms with van der Waals surface area (Å²) in [6.07, 6.45) is 10.2. The van der Waals surface area contributed by atoms with Gasteiger partial charge in [-0.3, -0.25) is 0 Å². The van der Waals surface area contributed by atoms with Crippen molar-refractivity contribution in [2.24, 2.45) is 22.7 Å². The van der Waals surface area contributed by atoms with Crippen molar-refractivity contribution in [3.05, 3.63) is 35.4 Å². The molecule has 0 aromatic heterocycles. The van der Waals surface area contributed by atoms with Crippen LogP contribution in [-0.4, -0.2) is 6.08 Å². The fraction of sp³-hybridized carbons (Fsp3) is 0.611.